The molecule has 21 heavy (non-hydrogen) atoms. The second-order valence-electron chi connectivity index (χ2n) is 4.56. The monoisotopic (exact) mass is 304 g/mol. The average Bonchev–Trinajstić information content (AvgIpc) is 2.52. The van der Waals surface area contributed by atoms with Crippen molar-refractivity contribution in [3.63, 3.8) is 0 Å². The van der Waals surface area contributed by atoms with Crippen LogP contribution in [0.25, 0.3) is 0 Å². The van der Waals surface area contributed by atoms with Crippen LogP contribution in [0.4, 0.5) is 4.79 Å². The van der Waals surface area contributed by atoms with E-state index in [0.29, 0.717) is 11.6 Å². The van der Waals surface area contributed by atoms with Gasteiger partial charge in [0.1, 0.15) is 0 Å². The van der Waals surface area contributed by atoms with Crippen molar-refractivity contribution in [2.45, 2.75) is 12.6 Å². The molecule has 0 aromatic heterocycles. The molecule has 0 spiro atoms. The number of benzene rings is 2. The van der Waals surface area contributed by atoms with Gasteiger partial charge in [0.15, 0.2) is 0 Å². The van der Waals surface area contributed by atoms with E-state index >= 15 is 0 Å². The van der Waals surface area contributed by atoms with Gasteiger partial charge >= 0.3 is 6.03 Å². The van der Waals surface area contributed by atoms with E-state index in [9.17, 15) is 9.90 Å². The Kier molecular flexibility index (Phi) is 5.60. The fraction of sp³-hybridized carbons (Fsp3) is 0.188. The zero-order valence-electron chi connectivity index (χ0n) is 11.4. The van der Waals surface area contributed by atoms with Crippen LogP contribution in [0.2, 0.25) is 5.02 Å². The van der Waals surface area contributed by atoms with Gasteiger partial charge in [-0.25, -0.2) is 4.79 Å². The highest BCUT2D eigenvalue weighted by Crippen LogP contribution is 2.14. The van der Waals surface area contributed by atoms with Crippen molar-refractivity contribution in [1.82, 2.24) is 10.6 Å². The minimum Gasteiger partial charge on any atom is -0.394 e. The lowest BCUT2D eigenvalue weighted by Crippen LogP contribution is -2.38. The zero-order valence-corrected chi connectivity index (χ0v) is 12.2. The number of carbonyl (C=O) groups is 1. The highest BCUT2D eigenvalue weighted by molar-refractivity contribution is 6.31. The van der Waals surface area contributed by atoms with Crippen LogP contribution in [-0.4, -0.2) is 17.7 Å². The molecule has 110 valence electrons. The largest absolute Gasteiger partial charge is 0.394 e. The van der Waals surface area contributed by atoms with Crippen LogP contribution in [0.5, 0.6) is 0 Å². The van der Waals surface area contributed by atoms with Crippen molar-refractivity contribution < 1.29 is 9.90 Å². The van der Waals surface area contributed by atoms with Crippen molar-refractivity contribution in [2.75, 3.05) is 6.61 Å². The Labute approximate surface area is 128 Å². The molecule has 1 unspecified atom stereocenters. The number of amides is 2. The molecule has 0 heterocycles. The summed E-state index contributed by atoms with van der Waals surface area (Å²) < 4.78 is 0. The average molecular weight is 305 g/mol. The van der Waals surface area contributed by atoms with Crippen molar-refractivity contribution in [2.24, 2.45) is 0 Å². The molecule has 0 aliphatic carbocycles. The molecule has 2 aromatic rings. The SMILES string of the molecule is O=C(NCc1ccccc1Cl)NC(CO)c1ccccc1. The van der Waals surface area contributed by atoms with E-state index in [2.05, 4.69) is 10.6 Å². The lowest BCUT2D eigenvalue weighted by atomic mass is 10.1. The summed E-state index contributed by atoms with van der Waals surface area (Å²) in [6.07, 6.45) is 0. The van der Waals surface area contributed by atoms with Crippen molar-refractivity contribution in [1.29, 1.82) is 0 Å². The number of hydrogen-bond acceptors (Lipinski definition) is 2. The highest BCUT2D eigenvalue weighted by atomic mass is 35.5. The number of aliphatic hydroxyl groups is 1. The number of aliphatic hydroxyl groups excluding tert-OH is 1. The lowest BCUT2D eigenvalue weighted by Gasteiger charge is -2.17. The van der Waals surface area contributed by atoms with Gasteiger partial charge in [-0.1, -0.05) is 60.1 Å². The van der Waals surface area contributed by atoms with Crippen LogP contribution in [0.15, 0.2) is 54.6 Å². The molecule has 0 radical (unpaired) electrons. The normalized spacial score (nSPS) is 11.7. The number of nitrogens with one attached hydrogen (secondary N) is 2. The first-order valence-corrected chi connectivity index (χ1v) is 7.02. The molecule has 0 aliphatic rings. The summed E-state index contributed by atoms with van der Waals surface area (Å²) in [6.45, 7) is 0.169. The molecular weight excluding hydrogens is 288 g/mol. The van der Waals surface area contributed by atoms with Crippen LogP contribution in [0.3, 0.4) is 0 Å². The fourth-order valence-electron chi connectivity index (χ4n) is 1.95. The van der Waals surface area contributed by atoms with Gasteiger partial charge in [-0.05, 0) is 17.2 Å². The van der Waals surface area contributed by atoms with Crippen molar-refractivity contribution in [3.8, 4) is 0 Å². The number of rotatable bonds is 5. The summed E-state index contributed by atoms with van der Waals surface area (Å²) >= 11 is 6.02. The van der Waals surface area contributed by atoms with Crippen LogP contribution in [-0.2, 0) is 6.54 Å². The molecule has 0 bridgehead atoms. The third-order valence-electron chi connectivity index (χ3n) is 3.09. The molecule has 0 saturated heterocycles. The molecule has 1 atom stereocenters. The van der Waals surface area contributed by atoms with Gasteiger partial charge in [-0.2, -0.15) is 0 Å². The van der Waals surface area contributed by atoms with Gasteiger partial charge in [0, 0.05) is 11.6 Å². The molecule has 4 nitrogen and oxygen atoms in total. The maximum Gasteiger partial charge on any atom is 0.315 e. The fourth-order valence-corrected chi connectivity index (χ4v) is 2.15. The van der Waals surface area contributed by atoms with Gasteiger partial charge < -0.3 is 15.7 Å². The Balaban J connectivity index is 1.90. The Hall–Kier alpha value is -2.04. The Morgan fingerprint density at radius 3 is 2.43 bits per heavy atom. The molecule has 3 N–H and O–H groups in total. The lowest BCUT2D eigenvalue weighted by molar-refractivity contribution is 0.216. The molecule has 0 aliphatic heterocycles. The van der Waals surface area contributed by atoms with E-state index in [1.54, 1.807) is 6.07 Å². The smallest absolute Gasteiger partial charge is 0.315 e. The third-order valence-corrected chi connectivity index (χ3v) is 3.46. The quantitative estimate of drug-likeness (QED) is 0.795. The molecule has 5 heteroatoms. The number of urea groups is 1. The third kappa shape index (κ3) is 4.48. The second kappa shape index (κ2) is 7.67. The Morgan fingerprint density at radius 2 is 1.76 bits per heavy atom. The molecule has 2 amide bonds. The van der Waals surface area contributed by atoms with E-state index in [1.807, 2.05) is 48.5 Å². The van der Waals surface area contributed by atoms with E-state index in [4.69, 9.17) is 11.6 Å². The van der Waals surface area contributed by atoms with Gasteiger partial charge in [-0.15, -0.1) is 0 Å². The second-order valence-corrected chi connectivity index (χ2v) is 4.97. The number of hydrogen-bond donors (Lipinski definition) is 3. The number of carbonyl (C=O) groups excluding carboxylic acids is 1. The molecular formula is C16H17ClN2O2. The van der Waals surface area contributed by atoms with Crippen molar-refractivity contribution in [3.05, 3.63) is 70.7 Å². The first-order chi connectivity index (χ1) is 10.2. The summed E-state index contributed by atoms with van der Waals surface area (Å²) in [4.78, 5) is 11.9. The maximum absolute atomic E-state index is 11.9. The molecule has 0 fully saturated rings. The predicted octanol–water partition coefficient (Wildman–Crippen LogP) is 2.87. The summed E-state index contributed by atoms with van der Waals surface area (Å²) in [5, 5.41) is 15.5. The summed E-state index contributed by atoms with van der Waals surface area (Å²) in [5.74, 6) is 0. The van der Waals surface area contributed by atoms with E-state index in [0.717, 1.165) is 11.1 Å². The van der Waals surface area contributed by atoms with Gasteiger partial charge in [0.25, 0.3) is 0 Å². The summed E-state index contributed by atoms with van der Waals surface area (Å²) in [5.41, 5.74) is 1.70. The van der Waals surface area contributed by atoms with Gasteiger partial charge in [0.05, 0.1) is 12.6 Å². The minimum absolute atomic E-state index is 0.163. The maximum atomic E-state index is 11.9. The predicted molar refractivity (Wildman–Crippen MR) is 83.1 cm³/mol. The van der Waals surface area contributed by atoms with E-state index in [-0.39, 0.29) is 12.6 Å². The first kappa shape index (κ1) is 15.4. The standard InChI is InChI=1S/C16H17ClN2O2/c17-14-9-5-4-8-13(14)10-18-16(21)19-15(11-20)12-6-2-1-3-7-12/h1-9,15,20H,10-11H2,(H2,18,19,21). The Morgan fingerprint density at radius 1 is 1.10 bits per heavy atom. The van der Waals surface area contributed by atoms with Crippen molar-refractivity contribution >= 4 is 17.6 Å². The van der Waals surface area contributed by atoms with Gasteiger partial charge in [0.2, 0.25) is 0 Å². The molecule has 2 rings (SSSR count). The molecule has 2 aromatic carbocycles. The molecule has 0 saturated carbocycles. The van der Waals surface area contributed by atoms with E-state index in [1.165, 1.54) is 0 Å². The zero-order chi connectivity index (χ0) is 15.1. The van der Waals surface area contributed by atoms with Crippen LogP contribution < -0.4 is 10.6 Å². The number of halogens is 1. The van der Waals surface area contributed by atoms with Gasteiger partial charge in [-0.3, -0.25) is 0 Å². The van der Waals surface area contributed by atoms with E-state index < -0.39 is 6.04 Å². The summed E-state index contributed by atoms with van der Waals surface area (Å²) in [6, 6.07) is 15.9. The topological polar surface area (TPSA) is 61.4 Å². The summed E-state index contributed by atoms with van der Waals surface area (Å²) in [7, 11) is 0. The minimum atomic E-state index is -0.433. The van der Waals surface area contributed by atoms with Crippen LogP contribution >= 0.6 is 11.6 Å². The highest BCUT2D eigenvalue weighted by Gasteiger charge is 2.13. The van der Waals surface area contributed by atoms with Crippen LogP contribution in [0.1, 0.15) is 17.2 Å². The first-order valence-electron chi connectivity index (χ1n) is 6.64. The van der Waals surface area contributed by atoms with Crippen LogP contribution in [0, 0.1) is 0 Å². The Bertz CT molecular complexity index is 590.